The number of hydrogen-bond donors (Lipinski definition) is 2. The molecule has 24 heteroatoms. The van der Waals surface area contributed by atoms with Crippen molar-refractivity contribution >= 4 is 64.2 Å². The second kappa shape index (κ2) is 29.2. The number of ether oxygens (including phenoxy) is 4. The summed E-state index contributed by atoms with van der Waals surface area (Å²) in [5, 5.41) is 0. The predicted octanol–water partition coefficient (Wildman–Crippen LogP) is 11.5. The van der Waals surface area contributed by atoms with Gasteiger partial charge in [0.1, 0.15) is 33.9 Å². The molecule has 5 aliphatic rings. The van der Waals surface area contributed by atoms with Crippen LogP contribution in [0.4, 0.5) is 21.5 Å². The maximum Gasteiger partial charge on any atom is 0.498 e. The molecule has 6 aromatic rings. The van der Waals surface area contributed by atoms with E-state index in [4.69, 9.17) is 28.3 Å². The second-order valence-corrected chi connectivity index (χ2v) is 30.2. The number of amides is 2. The van der Waals surface area contributed by atoms with Crippen LogP contribution in [-0.2, 0) is 44.5 Å². The highest BCUT2D eigenvalue weighted by atomic mass is 79.9. The zero-order valence-electron chi connectivity index (χ0n) is 59.7. The normalized spacial score (nSPS) is 19.2. The van der Waals surface area contributed by atoms with Gasteiger partial charge in [0.2, 0.25) is 11.9 Å². The number of anilines is 2. The van der Waals surface area contributed by atoms with Crippen molar-refractivity contribution < 1.29 is 47.4 Å². The van der Waals surface area contributed by atoms with Crippen molar-refractivity contribution in [2.24, 2.45) is 0 Å². The number of rotatable bonds is 14. The van der Waals surface area contributed by atoms with E-state index in [1.165, 1.54) is 0 Å². The number of benzene rings is 2. The topological polar surface area (TPSA) is 254 Å². The molecule has 4 aromatic heterocycles. The Bertz CT molecular complexity index is 4110. The molecule has 0 bridgehead atoms. The number of piperazine rings is 2. The first-order valence-electron chi connectivity index (χ1n) is 33.4. The minimum atomic E-state index is -0.598. The highest BCUT2D eigenvalue weighted by molar-refractivity contribution is 9.10. The molecule has 2 aromatic carbocycles. The van der Waals surface area contributed by atoms with E-state index >= 15 is 0 Å². The fourth-order valence-electron chi connectivity index (χ4n) is 12.1. The molecule has 22 nitrogen and oxygen atoms in total. The number of H-pyrrole nitrogens is 2. The molecular formula is C74H94BBrN10O12. The number of ketones is 2. The summed E-state index contributed by atoms with van der Waals surface area (Å²) in [5.41, 5.74) is 6.98. The molecule has 0 spiro atoms. The van der Waals surface area contributed by atoms with Crippen LogP contribution >= 0.6 is 15.9 Å². The molecule has 2 N–H and O–H groups in total. The molecule has 3 fully saturated rings. The molecule has 98 heavy (non-hydrogen) atoms. The summed E-state index contributed by atoms with van der Waals surface area (Å²) in [7, 11) is -0.469. The van der Waals surface area contributed by atoms with Crippen molar-refractivity contribution in [3.63, 3.8) is 0 Å². The van der Waals surface area contributed by atoms with Crippen LogP contribution in [0.3, 0.4) is 0 Å². The number of carbonyl (C=O) groups is 4. The average molecular weight is 1410 g/mol. The number of nitrogens with zero attached hydrogens (tertiary/aromatic N) is 8. The highest BCUT2D eigenvalue weighted by Gasteiger charge is 2.52. The number of halogens is 1. The second-order valence-electron chi connectivity index (χ2n) is 29.4. The van der Waals surface area contributed by atoms with Crippen LogP contribution in [-0.4, -0.2) is 157 Å². The van der Waals surface area contributed by atoms with Crippen molar-refractivity contribution in [1.29, 1.82) is 0 Å². The molecule has 9 heterocycles. The van der Waals surface area contributed by atoms with Crippen molar-refractivity contribution in [3.8, 4) is 22.6 Å². The van der Waals surface area contributed by atoms with Crippen LogP contribution < -0.4 is 35.9 Å². The summed E-state index contributed by atoms with van der Waals surface area (Å²) in [4.78, 5) is 107. The van der Waals surface area contributed by atoms with Gasteiger partial charge in [0.15, 0.2) is 11.6 Å². The number of hydrogen-bond acceptors (Lipinski definition) is 18. The average Bonchev–Trinajstić information content (AvgIpc) is 1.61. The van der Waals surface area contributed by atoms with E-state index in [1.54, 1.807) is 52.8 Å². The Morgan fingerprint density at radius 3 is 1.37 bits per heavy atom. The van der Waals surface area contributed by atoms with Crippen LogP contribution in [0.1, 0.15) is 161 Å². The highest BCUT2D eigenvalue weighted by Crippen LogP contribution is 2.45. The fraction of sp³-hybridized carbons (Fsp3) is 0.486. The fourth-order valence-corrected chi connectivity index (χ4v) is 12.7. The maximum absolute atomic E-state index is 13.5. The number of Topliss-reactive ketones (excluding diaryl/α,β-unsaturated/α-hetero) is 2. The van der Waals surface area contributed by atoms with E-state index in [2.05, 4.69) is 63.9 Å². The monoisotopic (exact) mass is 1400 g/mol. The zero-order valence-corrected chi connectivity index (χ0v) is 61.3. The van der Waals surface area contributed by atoms with Crippen molar-refractivity contribution in [1.82, 2.24) is 39.7 Å². The number of fused-ring (bicyclic) bond motifs is 2. The molecule has 5 aliphatic heterocycles. The smallest absolute Gasteiger partial charge is 0.482 e. The first-order chi connectivity index (χ1) is 45.8. The first-order valence-corrected chi connectivity index (χ1v) is 34.2. The number of nitrogens with one attached hydrogen (secondary N) is 2. The molecule has 522 valence electrons. The number of pyridine rings is 2. The van der Waals surface area contributed by atoms with E-state index in [1.807, 2.05) is 146 Å². The van der Waals surface area contributed by atoms with Gasteiger partial charge in [0.05, 0.1) is 15.7 Å². The Morgan fingerprint density at radius 2 is 0.969 bits per heavy atom. The first kappa shape index (κ1) is 73.8. The summed E-state index contributed by atoms with van der Waals surface area (Å²) in [6, 6.07) is 11.3. The lowest BCUT2D eigenvalue weighted by molar-refractivity contribution is 0.00578. The Kier molecular flexibility index (Phi) is 21.9. The lowest BCUT2D eigenvalue weighted by Crippen LogP contribution is -2.50. The van der Waals surface area contributed by atoms with Gasteiger partial charge in [-0.1, -0.05) is 13.2 Å². The van der Waals surface area contributed by atoms with Crippen LogP contribution in [0.2, 0.25) is 0 Å². The van der Waals surface area contributed by atoms with E-state index in [9.17, 15) is 28.8 Å². The van der Waals surface area contributed by atoms with E-state index in [0.29, 0.717) is 118 Å². The Balaban J connectivity index is 0.000000181. The van der Waals surface area contributed by atoms with Crippen LogP contribution in [0, 0.1) is 27.7 Å². The molecule has 2 amide bonds. The third kappa shape index (κ3) is 17.7. The minimum absolute atomic E-state index is 0.0140. The van der Waals surface area contributed by atoms with Crippen molar-refractivity contribution in [3.05, 3.63) is 168 Å². The summed E-state index contributed by atoms with van der Waals surface area (Å²) in [6.45, 7) is 43.2. The molecule has 11 rings (SSSR count). The third-order valence-electron chi connectivity index (χ3n) is 18.3. The van der Waals surface area contributed by atoms with Gasteiger partial charge < -0.3 is 57.8 Å². The zero-order chi connectivity index (χ0) is 71.6. The van der Waals surface area contributed by atoms with Gasteiger partial charge in [-0.05, 0) is 205 Å². The lowest BCUT2D eigenvalue weighted by Gasteiger charge is -2.35. The predicted molar refractivity (Wildman–Crippen MR) is 384 cm³/mol. The molecular weight excluding hydrogens is 1310 g/mol. The van der Waals surface area contributed by atoms with E-state index < -0.39 is 40.7 Å². The van der Waals surface area contributed by atoms with Crippen molar-refractivity contribution in [2.75, 3.05) is 62.2 Å². The van der Waals surface area contributed by atoms with Crippen LogP contribution in [0.5, 0.6) is 11.5 Å². The Labute approximate surface area is 583 Å². The van der Waals surface area contributed by atoms with Gasteiger partial charge >= 0.3 is 19.3 Å². The lowest BCUT2D eigenvalue weighted by atomic mass is 9.81. The summed E-state index contributed by atoms with van der Waals surface area (Å²) < 4.78 is 36.1. The van der Waals surface area contributed by atoms with Crippen molar-refractivity contribution in [2.45, 2.75) is 183 Å². The summed E-state index contributed by atoms with van der Waals surface area (Å²) >= 11 is 3.51. The number of carbonyl (C=O) groups excluding carboxylic acids is 4. The molecule has 0 aliphatic carbocycles. The third-order valence-corrected chi connectivity index (χ3v) is 18.9. The van der Waals surface area contributed by atoms with Gasteiger partial charge in [-0.15, -0.1) is 0 Å². The number of aryl methyl sites for hydroxylation is 4. The summed E-state index contributed by atoms with van der Waals surface area (Å²) in [6.07, 6.45) is 12.5. The minimum Gasteiger partial charge on any atom is -0.482 e. The largest absolute Gasteiger partial charge is 0.498 e. The van der Waals surface area contributed by atoms with Gasteiger partial charge in [-0.3, -0.25) is 19.2 Å². The molecule has 2 atom stereocenters. The molecule has 3 saturated heterocycles. The Morgan fingerprint density at radius 1 is 0.582 bits per heavy atom. The SMILES string of the molecule is C=CC1(C)Cc2cc(C(=O)CCc3c(C)cc(C)[nH]c3=O)cc(-c3cnc(N4CCN(C(=O)OC(C)(C)C)CC4)nc3)c2O1.C=CC1(C)Cc2cc(C(=O)CCc3c(C)cc(C)[nH]c3=O)cc(Br)c2O1.CC(C)(C)OC(=O)N1CCN(c2ncc(B3OC(C)(C)C(C)(C)O3)cn2)CC1. The quantitative estimate of drug-likeness (QED) is 0.0584. The molecule has 0 radical (unpaired) electrons. The molecule has 2 unspecified atom stereocenters. The van der Waals surface area contributed by atoms with Gasteiger partial charge in [0.25, 0.3) is 11.1 Å². The van der Waals surface area contributed by atoms with Gasteiger partial charge in [0, 0.05) is 159 Å². The number of aromatic amines is 2. The summed E-state index contributed by atoms with van der Waals surface area (Å²) in [5.74, 6) is 2.63. The maximum atomic E-state index is 13.5. The number of aromatic nitrogens is 6. The van der Waals surface area contributed by atoms with Crippen LogP contribution in [0.15, 0.2) is 101 Å². The van der Waals surface area contributed by atoms with E-state index in [-0.39, 0.29) is 47.7 Å². The van der Waals surface area contributed by atoms with Gasteiger partial charge in [-0.2, -0.15) is 0 Å². The molecule has 0 saturated carbocycles. The Hall–Kier alpha value is -8.48. The van der Waals surface area contributed by atoms with Crippen LogP contribution in [0.25, 0.3) is 11.1 Å². The standard InChI is InChI=1S/C34H41N5O5.C21H22BrNO3.C19H31BN4O4/c1-8-34(7)18-24-16-23(28(40)10-9-26-21(2)15-22(3)37-30(26)41)17-27(29(24)43-34)25-19-35-31(36-20-25)38-11-13-39(14-12-38)32(42)44-33(4,5)6;1-5-21(4)11-15-9-14(10-17(22)19(15)26-21)18(24)7-6-16-12(2)8-13(3)23-20(16)25;1-17(2,3)26-16(25)24-10-8-23(9-11-24)15-21-12-14(13-22-15)20-27-18(4,5)19(6,7)28-20/h8,15-17,19-20H,1,9-14,18H2,2-7H3,(H,37,41);5,8-10H,1,6-7,11H2,2-4H3,(H,23,25);12-13H,8-11H2,1-7H3. The van der Waals surface area contributed by atoms with Gasteiger partial charge in [-0.25, -0.2) is 29.5 Å². The van der Waals surface area contributed by atoms with E-state index in [0.717, 1.165) is 60.5 Å².